The summed E-state index contributed by atoms with van der Waals surface area (Å²) in [4.78, 5) is 33.5. The number of benzene rings is 2. The van der Waals surface area contributed by atoms with Gasteiger partial charge in [0.1, 0.15) is 6.54 Å². The molecule has 4 aromatic rings. The van der Waals surface area contributed by atoms with Crippen LogP contribution in [-0.2, 0) is 21.2 Å². The van der Waals surface area contributed by atoms with Crippen molar-refractivity contribution in [3.63, 3.8) is 0 Å². The second-order valence-corrected chi connectivity index (χ2v) is 9.21. The Bertz CT molecular complexity index is 1390. The van der Waals surface area contributed by atoms with Crippen LogP contribution in [0, 0.1) is 0 Å². The van der Waals surface area contributed by atoms with E-state index in [2.05, 4.69) is 15.3 Å². The quantitative estimate of drug-likeness (QED) is 0.547. The van der Waals surface area contributed by atoms with Crippen LogP contribution in [0.15, 0.2) is 58.5 Å². The molecule has 0 aliphatic heterocycles. The second-order valence-electron chi connectivity index (χ2n) is 6.16. The van der Waals surface area contributed by atoms with E-state index in [1.54, 1.807) is 30.3 Å². The van der Waals surface area contributed by atoms with Gasteiger partial charge in [0.05, 0.1) is 32.3 Å². The Balaban J connectivity index is 1.57. The number of nitrogens with one attached hydrogen (secondary N) is 1. The molecule has 1 amide bonds. The summed E-state index contributed by atoms with van der Waals surface area (Å²) in [5.74, 6) is -0.429. The first-order valence-electron chi connectivity index (χ1n) is 8.16. The normalized spacial score (nSPS) is 11.8. The Kier molecular flexibility index (Phi) is 4.44. The standard InChI is InChI=1S/C18H14N4O4S2/c1-28(25,26)11-6-7-14-15(8-11)27-18(20-14)21-16(23)9-22-10-19-13-5-3-2-4-12(13)17(22)24/h2-8,10H,9H2,1H3,(H,20,21,23). The lowest BCUT2D eigenvalue weighted by molar-refractivity contribution is -0.116. The first kappa shape index (κ1) is 18.3. The number of carbonyl (C=O) groups is 1. The van der Waals surface area contributed by atoms with Gasteiger partial charge < -0.3 is 5.32 Å². The first-order chi connectivity index (χ1) is 13.3. The minimum atomic E-state index is -3.32. The van der Waals surface area contributed by atoms with Crippen LogP contribution >= 0.6 is 11.3 Å². The highest BCUT2D eigenvalue weighted by atomic mass is 32.2. The molecular formula is C18H14N4O4S2. The predicted octanol–water partition coefficient (Wildman–Crippen LogP) is 2.05. The molecule has 0 saturated heterocycles. The van der Waals surface area contributed by atoms with Crippen molar-refractivity contribution in [3.8, 4) is 0 Å². The highest BCUT2D eigenvalue weighted by Gasteiger charge is 2.13. The average molecular weight is 414 g/mol. The fraction of sp³-hybridized carbons (Fsp3) is 0.111. The van der Waals surface area contributed by atoms with Gasteiger partial charge in [-0.2, -0.15) is 0 Å². The molecule has 1 N–H and O–H groups in total. The molecule has 0 unspecified atom stereocenters. The van der Waals surface area contributed by atoms with Crippen LogP contribution in [0.2, 0.25) is 0 Å². The van der Waals surface area contributed by atoms with Crippen molar-refractivity contribution in [1.82, 2.24) is 14.5 Å². The first-order valence-corrected chi connectivity index (χ1v) is 10.9. The van der Waals surface area contributed by atoms with E-state index in [4.69, 9.17) is 0 Å². The number of hydrogen-bond donors (Lipinski definition) is 1. The average Bonchev–Trinajstić information content (AvgIpc) is 3.04. The monoisotopic (exact) mass is 414 g/mol. The molecule has 2 heterocycles. The Labute approximate surface area is 163 Å². The maximum atomic E-state index is 12.5. The van der Waals surface area contributed by atoms with E-state index in [-0.39, 0.29) is 17.0 Å². The van der Waals surface area contributed by atoms with Crippen molar-refractivity contribution < 1.29 is 13.2 Å². The number of sulfone groups is 1. The number of amides is 1. The van der Waals surface area contributed by atoms with Crippen molar-refractivity contribution >= 4 is 53.3 Å². The zero-order valence-corrected chi connectivity index (χ0v) is 16.3. The van der Waals surface area contributed by atoms with Crippen molar-refractivity contribution in [2.75, 3.05) is 11.6 Å². The molecule has 0 bridgehead atoms. The summed E-state index contributed by atoms with van der Waals surface area (Å²) in [6, 6.07) is 11.5. The third kappa shape index (κ3) is 3.51. The van der Waals surface area contributed by atoms with Gasteiger partial charge >= 0.3 is 0 Å². The van der Waals surface area contributed by atoms with E-state index >= 15 is 0 Å². The molecule has 4 rings (SSSR count). The van der Waals surface area contributed by atoms with Crippen LogP contribution in [0.25, 0.3) is 21.1 Å². The van der Waals surface area contributed by atoms with E-state index in [0.717, 1.165) is 17.6 Å². The summed E-state index contributed by atoms with van der Waals surface area (Å²) in [6.45, 7) is -0.207. The Morgan fingerprint density at radius 2 is 1.96 bits per heavy atom. The molecule has 0 aliphatic carbocycles. The van der Waals surface area contributed by atoms with Gasteiger partial charge in [-0.1, -0.05) is 23.5 Å². The van der Waals surface area contributed by atoms with E-state index < -0.39 is 15.7 Å². The third-order valence-corrected chi connectivity index (χ3v) is 6.12. The minimum Gasteiger partial charge on any atom is -0.300 e. The Hall–Kier alpha value is -3.11. The SMILES string of the molecule is CS(=O)(=O)c1ccc2nc(NC(=O)Cn3cnc4ccccc4c3=O)sc2c1. The van der Waals surface area contributed by atoms with Gasteiger partial charge in [-0.15, -0.1) is 0 Å². The molecule has 28 heavy (non-hydrogen) atoms. The smallest absolute Gasteiger partial charge is 0.261 e. The van der Waals surface area contributed by atoms with Gasteiger partial charge in [-0.3, -0.25) is 14.2 Å². The lowest BCUT2D eigenvalue weighted by atomic mass is 10.2. The summed E-state index contributed by atoms with van der Waals surface area (Å²) >= 11 is 1.16. The zero-order valence-electron chi connectivity index (χ0n) is 14.6. The molecule has 8 nitrogen and oxygen atoms in total. The number of para-hydroxylation sites is 1. The molecule has 0 aliphatic rings. The van der Waals surface area contributed by atoms with Crippen LogP contribution in [0.4, 0.5) is 5.13 Å². The number of fused-ring (bicyclic) bond motifs is 2. The number of hydrogen-bond acceptors (Lipinski definition) is 7. The highest BCUT2D eigenvalue weighted by molar-refractivity contribution is 7.90. The van der Waals surface area contributed by atoms with Crippen LogP contribution in [-0.4, -0.2) is 35.1 Å². The maximum Gasteiger partial charge on any atom is 0.261 e. The molecule has 142 valence electrons. The van der Waals surface area contributed by atoms with Gasteiger partial charge in [0.25, 0.3) is 5.56 Å². The van der Waals surface area contributed by atoms with Gasteiger partial charge in [0.2, 0.25) is 5.91 Å². The van der Waals surface area contributed by atoms with Crippen LogP contribution in [0.5, 0.6) is 0 Å². The van der Waals surface area contributed by atoms with Crippen LogP contribution in [0.1, 0.15) is 0 Å². The number of rotatable bonds is 4. The Morgan fingerprint density at radius 3 is 2.75 bits per heavy atom. The zero-order chi connectivity index (χ0) is 19.9. The molecule has 0 radical (unpaired) electrons. The highest BCUT2D eigenvalue weighted by Crippen LogP contribution is 2.28. The lowest BCUT2D eigenvalue weighted by Gasteiger charge is -2.06. The van der Waals surface area contributed by atoms with Gasteiger partial charge in [0, 0.05) is 6.26 Å². The van der Waals surface area contributed by atoms with E-state index in [1.165, 1.54) is 23.0 Å². The fourth-order valence-corrected chi connectivity index (χ4v) is 4.36. The summed E-state index contributed by atoms with van der Waals surface area (Å²) < 4.78 is 25.2. The molecule has 0 atom stereocenters. The summed E-state index contributed by atoms with van der Waals surface area (Å²) in [7, 11) is -3.32. The molecular weight excluding hydrogens is 400 g/mol. The van der Waals surface area contributed by atoms with Crippen molar-refractivity contribution in [2.24, 2.45) is 0 Å². The van der Waals surface area contributed by atoms with E-state index in [9.17, 15) is 18.0 Å². The van der Waals surface area contributed by atoms with Crippen molar-refractivity contribution in [2.45, 2.75) is 11.4 Å². The molecule has 2 aromatic heterocycles. The topological polar surface area (TPSA) is 111 Å². The van der Waals surface area contributed by atoms with Crippen molar-refractivity contribution in [3.05, 3.63) is 59.1 Å². The molecule has 0 fully saturated rings. The van der Waals surface area contributed by atoms with E-state index in [0.29, 0.717) is 26.3 Å². The van der Waals surface area contributed by atoms with Crippen LogP contribution in [0.3, 0.4) is 0 Å². The van der Waals surface area contributed by atoms with Gasteiger partial charge in [0.15, 0.2) is 15.0 Å². The predicted molar refractivity (Wildman–Crippen MR) is 107 cm³/mol. The third-order valence-electron chi connectivity index (χ3n) is 4.08. The number of thiazole rings is 1. The molecule has 10 heteroatoms. The van der Waals surface area contributed by atoms with Gasteiger partial charge in [-0.05, 0) is 30.3 Å². The molecule has 0 saturated carbocycles. The molecule has 2 aromatic carbocycles. The van der Waals surface area contributed by atoms with Crippen LogP contribution < -0.4 is 10.9 Å². The van der Waals surface area contributed by atoms with Gasteiger partial charge in [-0.25, -0.2) is 18.4 Å². The van der Waals surface area contributed by atoms with Crippen molar-refractivity contribution in [1.29, 1.82) is 0 Å². The molecule has 0 spiro atoms. The Morgan fingerprint density at radius 1 is 1.18 bits per heavy atom. The van der Waals surface area contributed by atoms with E-state index in [1.807, 2.05) is 0 Å². The number of anilines is 1. The summed E-state index contributed by atoms with van der Waals surface area (Å²) in [5.41, 5.74) is 0.845. The summed E-state index contributed by atoms with van der Waals surface area (Å²) in [6.07, 6.45) is 2.47. The number of aromatic nitrogens is 3. The lowest BCUT2D eigenvalue weighted by Crippen LogP contribution is -2.27. The largest absolute Gasteiger partial charge is 0.300 e. The maximum absolute atomic E-state index is 12.5. The summed E-state index contributed by atoms with van der Waals surface area (Å²) in [5, 5.41) is 3.41. The fourth-order valence-electron chi connectivity index (χ4n) is 2.72. The number of carbonyl (C=O) groups excluding carboxylic acids is 1. The number of nitrogens with zero attached hydrogens (tertiary/aromatic N) is 3. The minimum absolute atomic E-state index is 0.190. The second kappa shape index (κ2) is 6.80.